The summed E-state index contributed by atoms with van der Waals surface area (Å²) in [6.45, 7) is 3.21. The van der Waals surface area contributed by atoms with E-state index in [0.29, 0.717) is 22.8 Å². The lowest BCUT2D eigenvalue weighted by atomic mass is 10.0. The number of sulfonamides is 1. The van der Waals surface area contributed by atoms with Crippen LogP contribution in [0.1, 0.15) is 31.4 Å². The number of anilines is 1. The van der Waals surface area contributed by atoms with Crippen molar-refractivity contribution >= 4 is 39.1 Å². The maximum absolute atomic E-state index is 14.7. The number of amides is 2. The van der Waals surface area contributed by atoms with Crippen molar-refractivity contribution in [3.63, 3.8) is 0 Å². The van der Waals surface area contributed by atoms with Gasteiger partial charge >= 0.3 is 0 Å². The van der Waals surface area contributed by atoms with E-state index in [0.717, 1.165) is 9.87 Å². The van der Waals surface area contributed by atoms with E-state index in [1.165, 1.54) is 37.3 Å². The molecule has 4 aromatic rings. The molecular weight excluding hydrogens is 638 g/mol. The van der Waals surface area contributed by atoms with Gasteiger partial charge in [-0.1, -0.05) is 79.2 Å². The summed E-state index contributed by atoms with van der Waals surface area (Å²) in [4.78, 5) is 30.1. The second-order valence-corrected chi connectivity index (χ2v) is 13.3. The zero-order valence-corrected chi connectivity index (χ0v) is 28.5. The molecule has 0 radical (unpaired) electrons. The molecule has 0 spiro atoms. The number of methoxy groups -OCH3 is 2. The zero-order valence-electron chi connectivity index (χ0n) is 26.9. The fourth-order valence-corrected chi connectivity index (χ4v) is 6.70. The van der Waals surface area contributed by atoms with Gasteiger partial charge in [-0.2, -0.15) is 0 Å². The number of nitrogens with one attached hydrogen (secondary N) is 1. The molecule has 9 nitrogen and oxygen atoms in total. The van der Waals surface area contributed by atoms with Crippen LogP contribution in [0, 0.1) is 0 Å². The first-order valence-corrected chi connectivity index (χ1v) is 17.1. The number of carbonyl (C=O) groups is 2. The Bertz CT molecular complexity index is 1760. The molecule has 0 saturated heterocycles. The zero-order chi connectivity index (χ0) is 34.0. The Morgan fingerprint density at radius 3 is 2.13 bits per heavy atom. The van der Waals surface area contributed by atoms with Gasteiger partial charge in [0.15, 0.2) is 0 Å². The quantitative estimate of drug-likeness (QED) is 0.163. The molecule has 47 heavy (non-hydrogen) atoms. The van der Waals surface area contributed by atoms with Crippen molar-refractivity contribution in [2.75, 3.05) is 25.1 Å². The van der Waals surface area contributed by atoms with Crippen LogP contribution in [0.3, 0.4) is 0 Å². The number of halogens is 1. The minimum absolute atomic E-state index is 0.000705. The maximum atomic E-state index is 14.7. The van der Waals surface area contributed by atoms with E-state index in [9.17, 15) is 18.0 Å². The number of carbonyl (C=O) groups excluding carboxylic acids is 2. The van der Waals surface area contributed by atoms with Crippen LogP contribution in [0.15, 0.2) is 108 Å². The van der Waals surface area contributed by atoms with E-state index in [1.54, 1.807) is 48.5 Å². The molecule has 0 heterocycles. The highest BCUT2D eigenvalue weighted by atomic mass is 35.5. The van der Waals surface area contributed by atoms with Gasteiger partial charge in [0.2, 0.25) is 11.8 Å². The van der Waals surface area contributed by atoms with Gasteiger partial charge < -0.3 is 19.7 Å². The van der Waals surface area contributed by atoms with Crippen molar-refractivity contribution in [3.8, 4) is 11.5 Å². The lowest BCUT2D eigenvalue weighted by Gasteiger charge is -2.34. The Balaban J connectivity index is 1.86. The molecule has 4 rings (SSSR count). The first-order valence-electron chi connectivity index (χ1n) is 15.2. The molecule has 4 aromatic carbocycles. The standard InChI is InChI=1S/C36H40ClN3O6S/c1-5-26(2)38-36(42)33(22-27-13-8-6-9-14-27)39(24-28-15-12-16-29(37)21-28)35(41)25-40(47(43,44)31-17-10-7-11-18-31)32-23-30(45-3)19-20-34(32)46-4/h6-21,23,26,33H,5,22,24-25H2,1-4H3,(H,38,42)/t26-,33+/m0/s1. The second kappa shape index (κ2) is 16.3. The fourth-order valence-electron chi connectivity index (χ4n) is 5.05. The van der Waals surface area contributed by atoms with Crippen LogP contribution in [-0.2, 0) is 32.6 Å². The Labute approximate surface area is 282 Å². The molecule has 0 fully saturated rings. The number of benzene rings is 4. The van der Waals surface area contributed by atoms with Crippen molar-refractivity contribution in [3.05, 3.63) is 119 Å². The summed E-state index contributed by atoms with van der Waals surface area (Å²) in [5.41, 5.74) is 1.62. The van der Waals surface area contributed by atoms with E-state index in [4.69, 9.17) is 21.1 Å². The molecule has 1 N–H and O–H groups in total. The third kappa shape index (κ3) is 9.05. The van der Waals surface area contributed by atoms with Gasteiger partial charge in [-0.25, -0.2) is 8.42 Å². The summed E-state index contributed by atoms with van der Waals surface area (Å²) in [7, 11) is -1.44. The van der Waals surface area contributed by atoms with Crippen molar-refractivity contribution in [1.29, 1.82) is 0 Å². The van der Waals surface area contributed by atoms with Crippen LogP contribution in [0.2, 0.25) is 5.02 Å². The van der Waals surface area contributed by atoms with Crippen LogP contribution in [0.4, 0.5) is 5.69 Å². The van der Waals surface area contributed by atoms with Gasteiger partial charge in [0.05, 0.1) is 24.8 Å². The summed E-state index contributed by atoms with van der Waals surface area (Å²) in [5.74, 6) is -0.369. The monoisotopic (exact) mass is 677 g/mol. The molecule has 0 aliphatic rings. The summed E-state index contributed by atoms with van der Waals surface area (Å²) in [5, 5.41) is 3.50. The molecule has 0 bridgehead atoms. The number of ether oxygens (including phenoxy) is 2. The predicted molar refractivity (Wildman–Crippen MR) is 184 cm³/mol. The molecule has 0 aromatic heterocycles. The molecule has 2 amide bonds. The fraction of sp³-hybridized carbons (Fsp3) is 0.278. The maximum Gasteiger partial charge on any atom is 0.264 e. The third-order valence-electron chi connectivity index (χ3n) is 7.78. The summed E-state index contributed by atoms with van der Waals surface area (Å²) in [6, 6.07) is 27.8. The van der Waals surface area contributed by atoms with Crippen LogP contribution < -0.4 is 19.1 Å². The summed E-state index contributed by atoms with van der Waals surface area (Å²) >= 11 is 6.33. The average molecular weight is 678 g/mol. The van der Waals surface area contributed by atoms with Crippen LogP contribution in [0.5, 0.6) is 11.5 Å². The van der Waals surface area contributed by atoms with Crippen molar-refractivity contribution in [2.24, 2.45) is 0 Å². The van der Waals surface area contributed by atoms with Crippen LogP contribution in [-0.4, -0.2) is 58.0 Å². The minimum atomic E-state index is -4.32. The molecular formula is C36H40ClN3O6S. The van der Waals surface area contributed by atoms with Crippen molar-refractivity contribution in [2.45, 2.75) is 50.2 Å². The molecule has 0 saturated carbocycles. The predicted octanol–water partition coefficient (Wildman–Crippen LogP) is 6.11. The topological polar surface area (TPSA) is 105 Å². The van der Waals surface area contributed by atoms with Gasteiger partial charge in [0, 0.05) is 30.1 Å². The second-order valence-electron chi connectivity index (χ2n) is 11.0. The van der Waals surface area contributed by atoms with Crippen molar-refractivity contribution in [1.82, 2.24) is 10.2 Å². The van der Waals surface area contributed by atoms with Gasteiger partial charge in [0.1, 0.15) is 24.1 Å². The first-order chi connectivity index (χ1) is 22.6. The molecule has 248 valence electrons. The van der Waals surface area contributed by atoms with E-state index in [-0.39, 0.29) is 41.2 Å². The lowest BCUT2D eigenvalue weighted by molar-refractivity contribution is -0.140. The Morgan fingerprint density at radius 2 is 1.51 bits per heavy atom. The number of hydrogen-bond acceptors (Lipinski definition) is 6. The molecule has 0 aliphatic carbocycles. The van der Waals surface area contributed by atoms with Gasteiger partial charge in [-0.15, -0.1) is 0 Å². The highest BCUT2D eigenvalue weighted by Crippen LogP contribution is 2.36. The van der Waals surface area contributed by atoms with E-state index < -0.39 is 28.5 Å². The molecule has 0 aliphatic heterocycles. The number of rotatable bonds is 15. The SMILES string of the molecule is CC[C@H](C)NC(=O)[C@@H](Cc1ccccc1)N(Cc1cccc(Cl)c1)C(=O)CN(c1cc(OC)ccc1OC)S(=O)(=O)c1ccccc1. The third-order valence-corrected chi connectivity index (χ3v) is 9.79. The highest BCUT2D eigenvalue weighted by Gasteiger charge is 2.36. The normalized spacial score (nSPS) is 12.4. The van der Waals surface area contributed by atoms with Crippen LogP contribution in [0.25, 0.3) is 0 Å². The smallest absolute Gasteiger partial charge is 0.264 e. The molecule has 11 heteroatoms. The van der Waals surface area contributed by atoms with E-state index in [2.05, 4.69) is 5.32 Å². The largest absolute Gasteiger partial charge is 0.497 e. The molecule has 2 atom stereocenters. The first kappa shape index (κ1) is 35.3. The Morgan fingerprint density at radius 1 is 0.851 bits per heavy atom. The number of nitrogens with zero attached hydrogens (tertiary/aromatic N) is 2. The highest BCUT2D eigenvalue weighted by molar-refractivity contribution is 7.92. The number of hydrogen-bond donors (Lipinski definition) is 1. The van der Waals surface area contributed by atoms with E-state index in [1.807, 2.05) is 50.2 Å². The summed E-state index contributed by atoms with van der Waals surface area (Å²) < 4.78 is 40.6. The molecule has 0 unspecified atom stereocenters. The summed E-state index contributed by atoms with van der Waals surface area (Å²) in [6.07, 6.45) is 0.883. The minimum Gasteiger partial charge on any atom is -0.497 e. The van der Waals surface area contributed by atoms with Gasteiger partial charge in [-0.05, 0) is 60.9 Å². The van der Waals surface area contributed by atoms with E-state index >= 15 is 0 Å². The van der Waals surface area contributed by atoms with Crippen LogP contribution >= 0.6 is 11.6 Å². The Kier molecular flexibility index (Phi) is 12.3. The van der Waals surface area contributed by atoms with Crippen molar-refractivity contribution < 1.29 is 27.5 Å². The lowest BCUT2D eigenvalue weighted by Crippen LogP contribution is -2.54. The average Bonchev–Trinajstić information content (AvgIpc) is 3.09. The van der Waals surface area contributed by atoms with Gasteiger partial charge in [0.25, 0.3) is 10.0 Å². The van der Waals surface area contributed by atoms with Gasteiger partial charge in [-0.3, -0.25) is 13.9 Å². The Hall–Kier alpha value is -4.54.